The van der Waals surface area contributed by atoms with Gasteiger partial charge in [-0.1, -0.05) is 6.08 Å². The van der Waals surface area contributed by atoms with Gasteiger partial charge in [-0.2, -0.15) is 0 Å². The molecule has 0 aliphatic carbocycles. The van der Waals surface area contributed by atoms with Crippen LogP contribution in [-0.2, 0) is 0 Å². The van der Waals surface area contributed by atoms with Gasteiger partial charge in [0.05, 0.1) is 7.11 Å². The largest absolute Gasteiger partial charge is 0.502 e. The Morgan fingerprint density at radius 2 is 1.87 bits per heavy atom. The second-order valence-corrected chi connectivity index (χ2v) is 2.91. The van der Waals surface area contributed by atoms with Gasteiger partial charge in [-0.05, 0) is 17.7 Å². The molecular formula is C9H8BF4O-. The third-order valence-electron chi connectivity index (χ3n) is 1.64. The highest BCUT2D eigenvalue weighted by Crippen LogP contribution is 2.19. The van der Waals surface area contributed by atoms with Crippen LogP contribution in [0.1, 0.15) is 5.56 Å². The zero-order valence-electron chi connectivity index (χ0n) is 7.88. The van der Waals surface area contributed by atoms with Crippen LogP contribution >= 0.6 is 0 Å². The van der Waals surface area contributed by atoms with Gasteiger partial charge >= 0.3 is 6.98 Å². The van der Waals surface area contributed by atoms with Gasteiger partial charge in [-0.3, -0.25) is 0 Å². The van der Waals surface area contributed by atoms with Gasteiger partial charge in [0.15, 0.2) is 0 Å². The summed E-state index contributed by atoms with van der Waals surface area (Å²) in [6, 6.07) is 3.41. The summed E-state index contributed by atoms with van der Waals surface area (Å²) < 4.78 is 53.2. The zero-order chi connectivity index (χ0) is 11.5. The molecule has 1 nitrogen and oxygen atoms in total. The van der Waals surface area contributed by atoms with Gasteiger partial charge in [0.25, 0.3) is 0 Å². The SMILES string of the molecule is COc1cc(F)cc(/C=C/[B-](F)(F)F)c1. The Morgan fingerprint density at radius 3 is 2.40 bits per heavy atom. The maximum atomic E-state index is 12.8. The van der Waals surface area contributed by atoms with Gasteiger partial charge in [0.1, 0.15) is 11.6 Å². The van der Waals surface area contributed by atoms with Crippen LogP contribution in [0.5, 0.6) is 5.75 Å². The highest BCUT2D eigenvalue weighted by Gasteiger charge is 2.17. The van der Waals surface area contributed by atoms with Crippen molar-refractivity contribution in [2.45, 2.75) is 0 Å². The van der Waals surface area contributed by atoms with Crippen molar-refractivity contribution in [1.29, 1.82) is 0 Å². The second kappa shape index (κ2) is 4.38. The maximum Gasteiger partial charge on any atom is 0.502 e. The number of rotatable bonds is 3. The Hall–Kier alpha value is -1.46. The Bertz CT molecular complexity index is 373. The van der Waals surface area contributed by atoms with Crippen molar-refractivity contribution in [1.82, 2.24) is 0 Å². The van der Waals surface area contributed by atoms with Crippen molar-refractivity contribution in [2.24, 2.45) is 0 Å². The number of methoxy groups -OCH3 is 1. The summed E-state index contributed by atoms with van der Waals surface area (Å²) in [6.07, 6.45) is 0.811. The standard InChI is InChI=1S/C9H8BF4O/c1-15-9-5-7(4-8(11)6-9)2-3-10(12,13)14/h2-6H,1H3/q-1/b3-2+. The molecule has 1 rings (SSSR count). The minimum absolute atomic E-state index is 0.105. The van der Waals surface area contributed by atoms with E-state index >= 15 is 0 Å². The minimum Gasteiger partial charge on any atom is -0.497 e. The van der Waals surface area contributed by atoms with Crippen molar-refractivity contribution in [3.05, 3.63) is 35.6 Å². The molecule has 0 bridgehead atoms. The minimum atomic E-state index is -5.00. The smallest absolute Gasteiger partial charge is 0.497 e. The number of hydrogen-bond donors (Lipinski definition) is 0. The van der Waals surface area contributed by atoms with E-state index in [2.05, 4.69) is 0 Å². The summed E-state index contributed by atoms with van der Waals surface area (Å²) in [5.41, 5.74) is 0.117. The van der Waals surface area contributed by atoms with Crippen molar-refractivity contribution in [3.63, 3.8) is 0 Å². The van der Waals surface area contributed by atoms with E-state index in [1.54, 1.807) is 0 Å². The van der Waals surface area contributed by atoms with Crippen LogP contribution in [0.15, 0.2) is 24.2 Å². The van der Waals surface area contributed by atoms with Crippen LogP contribution in [0, 0.1) is 5.82 Å². The fourth-order valence-electron chi connectivity index (χ4n) is 1.02. The van der Waals surface area contributed by atoms with Crippen LogP contribution in [-0.4, -0.2) is 14.1 Å². The third-order valence-corrected chi connectivity index (χ3v) is 1.64. The van der Waals surface area contributed by atoms with Crippen molar-refractivity contribution in [2.75, 3.05) is 7.11 Å². The predicted molar refractivity (Wildman–Crippen MR) is 51.1 cm³/mol. The fourth-order valence-corrected chi connectivity index (χ4v) is 1.02. The molecule has 0 aliphatic heterocycles. The molecule has 0 atom stereocenters. The summed E-state index contributed by atoms with van der Waals surface area (Å²) in [6.45, 7) is -5.00. The quantitative estimate of drug-likeness (QED) is 0.560. The molecule has 0 heterocycles. The Kier molecular flexibility index (Phi) is 3.39. The van der Waals surface area contributed by atoms with Crippen molar-refractivity contribution < 1.29 is 22.1 Å². The lowest BCUT2D eigenvalue weighted by Gasteiger charge is -2.07. The molecule has 0 aliphatic rings. The van der Waals surface area contributed by atoms with E-state index < -0.39 is 12.8 Å². The van der Waals surface area contributed by atoms with E-state index in [0.717, 1.165) is 18.2 Å². The van der Waals surface area contributed by atoms with E-state index in [1.807, 2.05) is 0 Å². The molecule has 1 aromatic rings. The lowest BCUT2D eigenvalue weighted by Crippen LogP contribution is -2.09. The molecule has 15 heavy (non-hydrogen) atoms. The first-order valence-electron chi connectivity index (χ1n) is 4.14. The number of hydrogen-bond acceptors (Lipinski definition) is 1. The van der Waals surface area contributed by atoms with Gasteiger partial charge in [0.2, 0.25) is 0 Å². The van der Waals surface area contributed by atoms with Gasteiger partial charge in [-0.25, -0.2) is 4.39 Å². The average molecular weight is 219 g/mol. The molecule has 0 radical (unpaired) electrons. The van der Waals surface area contributed by atoms with E-state index in [1.165, 1.54) is 13.2 Å². The molecule has 0 amide bonds. The van der Waals surface area contributed by atoms with Crippen LogP contribution in [0.3, 0.4) is 0 Å². The van der Waals surface area contributed by atoms with E-state index in [4.69, 9.17) is 4.74 Å². The summed E-state index contributed by atoms with van der Waals surface area (Å²) in [5.74, 6) is -0.346. The Morgan fingerprint density at radius 1 is 1.20 bits per heavy atom. The molecular weight excluding hydrogens is 211 g/mol. The highest BCUT2D eigenvalue weighted by molar-refractivity contribution is 6.64. The molecule has 0 N–H and O–H groups in total. The molecule has 6 heteroatoms. The normalized spacial score (nSPS) is 12.1. The molecule has 0 saturated carbocycles. The molecule has 0 saturated heterocycles. The van der Waals surface area contributed by atoms with Crippen LogP contribution in [0.2, 0.25) is 0 Å². The molecule has 0 spiro atoms. The lowest BCUT2D eigenvalue weighted by atomic mass is 9.90. The van der Waals surface area contributed by atoms with Crippen molar-refractivity contribution >= 4 is 13.1 Å². The van der Waals surface area contributed by atoms with E-state index in [9.17, 15) is 17.3 Å². The topological polar surface area (TPSA) is 9.23 Å². The predicted octanol–water partition coefficient (Wildman–Crippen LogP) is 3.23. The average Bonchev–Trinajstić information content (AvgIpc) is 2.13. The number of ether oxygens (including phenoxy) is 1. The Balaban J connectivity index is 2.95. The molecule has 0 aromatic heterocycles. The molecule has 1 aromatic carbocycles. The summed E-state index contributed by atoms with van der Waals surface area (Å²) in [5, 5.41) is 0. The summed E-state index contributed by atoms with van der Waals surface area (Å²) in [7, 11) is 1.32. The van der Waals surface area contributed by atoms with Gasteiger partial charge in [0, 0.05) is 6.07 Å². The number of halogens is 4. The first-order chi connectivity index (χ1) is 6.90. The third kappa shape index (κ3) is 4.06. The van der Waals surface area contributed by atoms with Gasteiger partial charge < -0.3 is 17.7 Å². The first-order valence-corrected chi connectivity index (χ1v) is 4.14. The molecule has 0 unspecified atom stereocenters. The second-order valence-electron chi connectivity index (χ2n) is 2.91. The fraction of sp³-hybridized carbons (Fsp3) is 0.111. The van der Waals surface area contributed by atoms with Crippen LogP contribution < -0.4 is 4.74 Å². The highest BCUT2D eigenvalue weighted by atomic mass is 19.4. The molecule has 0 fully saturated rings. The summed E-state index contributed by atoms with van der Waals surface area (Å²) >= 11 is 0. The lowest BCUT2D eigenvalue weighted by molar-refractivity contribution is 0.411. The van der Waals surface area contributed by atoms with Crippen LogP contribution in [0.25, 0.3) is 6.08 Å². The first kappa shape index (κ1) is 11.6. The monoisotopic (exact) mass is 219 g/mol. The zero-order valence-corrected chi connectivity index (χ0v) is 7.88. The maximum absolute atomic E-state index is 12.8. The van der Waals surface area contributed by atoms with Crippen molar-refractivity contribution in [3.8, 4) is 5.75 Å². The summed E-state index contributed by atoms with van der Waals surface area (Å²) in [4.78, 5) is 0. The Labute approximate surface area is 84.4 Å². The van der Waals surface area contributed by atoms with Gasteiger partial charge in [-0.15, -0.1) is 5.98 Å². The van der Waals surface area contributed by atoms with E-state index in [0.29, 0.717) is 0 Å². The van der Waals surface area contributed by atoms with Crippen LogP contribution in [0.4, 0.5) is 17.3 Å². The number of benzene rings is 1. The molecule has 82 valence electrons. The van der Waals surface area contributed by atoms with E-state index in [-0.39, 0.29) is 17.3 Å².